The molecule has 0 spiro atoms. The van der Waals surface area contributed by atoms with E-state index in [9.17, 15) is 14.7 Å². The van der Waals surface area contributed by atoms with Crippen LogP contribution in [-0.4, -0.2) is 30.5 Å². The van der Waals surface area contributed by atoms with Gasteiger partial charge in [-0.25, -0.2) is 0 Å². The number of ketones is 1. The van der Waals surface area contributed by atoms with E-state index < -0.39 is 23.5 Å². The second-order valence-corrected chi connectivity index (χ2v) is 8.62. The van der Waals surface area contributed by atoms with Crippen LogP contribution in [0.3, 0.4) is 0 Å². The van der Waals surface area contributed by atoms with Crippen LogP contribution in [0, 0.1) is 6.92 Å². The molecule has 184 valence electrons. The summed E-state index contributed by atoms with van der Waals surface area (Å²) >= 11 is 6.16. The molecule has 1 N–H and O–H groups in total. The van der Waals surface area contributed by atoms with Crippen LogP contribution in [-0.2, 0) is 4.79 Å². The molecular formula is C27H22ClNO7. The maximum atomic E-state index is 13.8. The van der Waals surface area contributed by atoms with Gasteiger partial charge in [-0.2, -0.15) is 0 Å². The number of Topliss-reactive ketones (excluding diaryl/α,β-unsaturated/α-hetero) is 1. The molecule has 1 unspecified atom stereocenters. The summed E-state index contributed by atoms with van der Waals surface area (Å²) in [7, 11) is 1.46. The Morgan fingerprint density at radius 2 is 1.94 bits per heavy atom. The summed E-state index contributed by atoms with van der Waals surface area (Å²) in [6.45, 7) is 4.04. The molecule has 5 rings (SSSR count). The zero-order chi connectivity index (χ0) is 25.6. The van der Waals surface area contributed by atoms with Crippen molar-refractivity contribution in [1.29, 1.82) is 0 Å². The second kappa shape index (κ2) is 9.13. The van der Waals surface area contributed by atoms with E-state index in [1.54, 1.807) is 55.5 Å². The van der Waals surface area contributed by atoms with Crippen molar-refractivity contribution in [2.45, 2.75) is 19.9 Å². The third-order valence-electron chi connectivity index (χ3n) is 5.88. The molecule has 0 aliphatic carbocycles. The van der Waals surface area contributed by atoms with E-state index in [2.05, 4.69) is 0 Å². The van der Waals surface area contributed by atoms with Crippen LogP contribution >= 0.6 is 11.6 Å². The predicted molar refractivity (Wildman–Crippen MR) is 133 cm³/mol. The number of carbonyl (C=O) groups is 2. The smallest absolute Gasteiger partial charge is 0.294 e. The minimum Gasteiger partial charge on any atom is -0.503 e. The summed E-state index contributed by atoms with van der Waals surface area (Å²) < 4.78 is 22.6. The number of nitrogens with zero attached hydrogens (tertiary/aromatic N) is 1. The lowest BCUT2D eigenvalue weighted by Gasteiger charge is -2.25. The molecule has 8 nitrogen and oxygen atoms in total. The number of ether oxygens (including phenoxy) is 2. The summed E-state index contributed by atoms with van der Waals surface area (Å²) in [6, 6.07) is 13.9. The minimum atomic E-state index is -1.03. The van der Waals surface area contributed by atoms with Gasteiger partial charge in [-0.05, 0) is 50.2 Å². The highest BCUT2D eigenvalue weighted by Gasteiger charge is 2.47. The highest BCUT2D eigenvalue weighted by Crippen LogP contribution is 2.44. The molecule has 0 saturated carbocycles. The minimum absolute atomic E-state index is 0.0851. The van der Waals surface area contributed by atoms with Crippen LogP contribution in [0.5, 0.6) is 11.5 Å². The normalized spacial score (nSPS) is 15.7. The number of anilines is 1. The first kappa shape index (κ1) is 23.6. The van der Waals surface area contributed by atoms with Gasteiger partial charge in [-0.15, -0.1) is 0 Å². The predicted octanol–water partition coefficient (Wildman–Crippen LogP) is 6.18. The van der Waals surface area contributed by atoms with Crippen molar-refractivity contribution in [2.75, 3.05) is 18.6 Å². The first-order valence-electron chi connectivity index (χ1n) is 11.2. The monoisotopic (exact) mass is 507 g/mol. The summed E-state index contributed by atoms with van der Waals surface area (Å²) in [5.41, 5.74) is 0.582. The molecule has 3 heterocycles. The molecule has 4 aromatic rings. The van der Waals surface area contributed by atoms with Crippen LogP contribution in [0.4, 0.5) is 5.69 Å². The van der Waals surface area contributed by atoms with Crippen molar-refractivity contribution in [3.63, 3.8) is 0 Å². The average molecular weight is 508 g/mol. The first-order chi connectivity index (χ1) is 17.3. The Bertz CT molecular complexity index is 1530. The number of rotatable bonds is 7. The fourth-order valence-corrected chi connectivity index (χ4v) is 4.56. The maximum Gasteiger partial charge on any atom is 0.294 e. The number of carbonyl (C=O) groups excluding carboxylic acids is 2. The van der Waals surface area contributed by atoms with Crippen molar-refractivity contribution in [3.8, 4) is 11.5 Å². The van der Waals surface area contributed by atoms with E-state index in [4.69, 9.17) is 29.9 Å². The Kier molecular flexibility index (Phi) is 5.97. The van der Waals surface area contributed by atoms with Crippen LogP contribution in [0.1, 0.15) is 35.0 Å². The number of benzene rings is 2. The largest absolute Gasteiger partial charge is 0.503 e. The highest BCUT2D eigenvalue weighted by atomic mass is 35.5. The highest BCUT2D eigenvalue weighted by molar-refractivity contribution is 6.31. The molecule has 0 radical (unpaired) electrons. The summed E-state index contributed by atoms with van der Waals surface area (Å²) in [5, 5.41) is 11.9. The van der Waals surface area contributed by atoms with Gasteiger partial charge in [0, 0.05) is 28.2 Å². The Morgan fingerprint density at radius 1 is 1.14 bits per heavy atom. The number of furan rings is 2. The molecule has 2 aromatic heterocycles. The summed E-state index contributed by atoms with van der Waals surface area (Å²) in [4.78, 5) is 28.4. The molecule has 0 fully saturated rings. The van der Waals surface area contributed by atoms with E-state index in [1.807, 2.05) is 6.92 Å². The number of hydrogen-bond donors (Lipinski definition) is 1. The van der Waals surface area contributed by atoms with Crippen molar-refractivity contribution in [1.82, 2.24) is 0 Å². The third-order valence-corrected chi connectivity index (χ3v) is 6.10. The number of fused-ring (bicyclic) bond motifs is 1. The number of aliphatic hydroxyl groups excluding tert-OH is 1. The van der Waals surface area contributed by atoms with Gasteiger partial charge in [-0.1, -0.05) is 17.7 Å². The van der Waals surface area contributed by atoms with Crippen LogP contribution in [0.15, 0.2) is 74.8 Å². The van der Waals surface area contributed by atoms with Gasteiger partial charge in [0.1, 0.15) is 23.3 Å². The molecule has 1 atom stereocenters. The molecule has 0 bridgehead atoms. The Balaban J connectivity index is 1.64. The molecule has 1 aliphatic rings. The van der Waals surface area contributed by atoms with E-state index in [0.717, 1.165) is 0 Å². The number of aryl methyl sites for hydroxylation is 1. The Hall–Kier alpha value is -4.17. The molecule has 2 aromatic carbocycles. The van der Waals surface area contributed by atoms with Gasteiger partial charge in [0.05, 0.1) is 19.3 Å². The van der Waals surface area contributed by atoms with Crippen molar-refractivity contribution in [2.24, 2.45) is 0 Å². The van der Waals surface area contributed by atoms with E-state index in [0.29, 0.717) is 51.3 Å². The number of methoxy groups -OCH3 is 1. The van der Waals surface area contributed by atoms with Gasteiger partial charge in [0.2, 0.25) is 5.78 Å². The van der Waals surface area contributed by atoms with Gasteiger partial charge in [0.25, 0.3) is 5.91 Å². The van der Waals surface area contributed by atoms with Crippen molar-refractivity contribution < 1.29 is 33.0 Å². The fourth-order valence-electron chi connectivity index (χ4n) is 4.35. The lowest BCUT2D eigenvalue weighted by atomic mass is 9.99. The number of aliphatic hydroxyl groups is 1. The summed E-state index contributed by atoms with van der Waals surface area (Å²) in [5.74, 6) is -0.402. The van der Waals surface area contributed by atoms with E-state index >= 15 is 0 Å². The lowest BCUT2D eigenvalue weighted by Crippen LogP contribution is -2.30. The topological polar surface area (TPSA) is 102 Å². The van der Waals surface area contributed by atoms with E-state index in [1.165, 1.54) is 18.1 Å². The molecular weight excluding hydrogens is 486 g/mol. The Labute approximate surface area is 211 Å². The number of amides is 1. The van der Waals surface area contributed by atoms with E-state index in [-0.39, 0.29) is 11.3 Å². The van der Waals surface area contributed by atoms with Gasteiger partial charge in [0.15, 0.2) is 22.9 Å². The van der Waals surface area contributed by atoms with Gasteiger partial charge in [-0.3, -0.25) is 14.5 Å². The molecule has 1 amide bonds. The zero-order valence-electron chi connectivity index (χ0n) is 19.7. The van der Waals surface area contributed by atoms with Crippen molar-refractivity contribution in [3.05, 3.63) is 88.2 Å². The fraction of sp³-hybridized carbons (Fsp3) is 0.185. The van der Waals surface area contributed by atoms with Crippen LogP contribution in [0.2, 0.25) is 5.02 Å². The zero-order valence-corrected chi connectivity index (χ0v) is 20.5. The van der Waals surface area contributed by atoms with Gasteiger partial charge < -0.3 is 23.4 Å². The first-order valence-corrected chi connectivity index (χ1v) is 11.6. The standard InChI is InChI=1S/C27H22ClNO7/c1-4-34-18-7-5-6-17(13-18)29-23(19-9-8-14(2)35-19)22(25(31)27(29)32)24(30)20-11-15-10-16(28)12-21(33-3)26(15)36-20/h5-13,23,31H,4H2,1-3H3. The quantitative estimate of drug-likeness (QED) is 0.298. The van der Waals surface area contributed by atoms with Crippen LogP contribution in [0.25, 0.3) is 11.0 Å². The molecule has 1 aliphatic heterocycles. The SMILES string of the molecule is CCOc1cccc(N2C(=O)C(O)=C(C(=O)c3cc4cc(Cl)cc(OC)c4o3)C2c2ccc(C)o2)c1. The molecule has 0 saturated heterocycles. The molecule has 36 heavy (non-hydrogen) atoms. The number of halogens is 1. The lowest BCUT2D eigenvalue weighted by molar-refractivity contribution is -0.117. The average Bonchev–Trinajstić information content (AvgIpc) is 3.55. The van der Waals surface area contributed by atoms with Crippen LogP contribution < -0.4 is 14.4 Å². The van der Waals surface area contributed by atoms with Crippen molar-refractivity contribution >= 4 is 39.9 Å². The molecule has 9 heteroatoms. The Morgan fingerprint density at radius 3 is 2.64 bits per heavy atom. The number of hydrogen-bond acceptors (Lipinski definition) is 7. The van der Waals surface area contributed by atoms with Gasteiger partial charge >= 0.3 is 0 Å². The third kappa shape index (κ3) is 3.89. The maximum absolute atomic E-state index is 13.8. The summed E-state index contributed by atoms with van der Waals surface area (Å²) in [6.07, 6.45) is 0. The second-order valence-electron chi connectivity index (χ2n) is 8.18.